The summed E-state index contributed by atoms with van der Waals surface area (Å²) in [5.41, 5.74) is 0.447. The van der Waals surface area contributed by atoms with Crippen molar-refractivity contribution < 1.29 is 38.2 Å². The van der Waals surface area contributed by atoms with Crippen molar-refractivity contribution in [1.82, 2.24) is 0 Å². The minimum absolute atomic E-state index is 0.00892. The monoisotopic (exact) mass is 432 g/mol. The van der Waals surface area contributed by atoms with Crippen molar-refractivity contribution in [1.29, 1.82) is 0 Å². The summed E-state index contributed by atoms with van der Waals surface area (Å²) in [7, 11) is 0. The Labute approximate surface area is 178 Å². The van der Waals surface area contributed by atoms with Crippen LogP contribution in [0.4, 0.5) is 11.6 Å². The molecule has 0 spiro atoms. The third-order valence-electron chi connectivity index (χ3n) is 4.08. The zero-order chi connectivity index (χ0) is 23.0. The molecule has 0 saturated carbocycles. The first-order valence-electron chi connectivity index (χ1n) is 9.52. The number of furan rings is 1. The third kappa shape index (κ3) is 5.92. The van der Waals surface area contributed by atoms with Gasteiger partial charge in [0.25, 0.3) is 5.91 Å². The SMILES string of the molecule is CCOC(=O)c1c(NC(=O)COC(=O)c2ccccc2NCCO)oc(C)c1C(C)=O. The van der Waals surface area contributed by atoms with Crippen LogP contribution in [0.2, 0.25) is 0 Å². The van der Waals surface area contributed by atoms with Crippen molar-refractivity contribution in [2.75, 3.05) is 37.0 Å². The number of hydrogen-bond donors (Lipinski definition) is 3. The zero-order valence-electron chi connectivity index (χ0n) is 17.4. The second kappa shape index (κ2) is 10.9. The fraction of sp³-hybridized carbons (Fsp3) is 0.333. The molecule has 1 amide bonds. The van der Waals surface area contributed by atoms with Gasteiger partial charge in [0, 0.05) is 12.2 Å². The number of carbonyl (C=O) groups is 4. The molecule has 10 nitrogen and oxygen atoms in total. The van der Waals surface area contributed by atoms with Crippen molar-refractivity contribution in [3.05, 3.63) is 46.7 Å². The lowest BCUT2D eigenvalue weighted by atomic mass is 10.1. The number of hydrogen-bond acceptors (Lipinski definition) is 9. The fourth-order valence-electron chi connectivity index (χ4n) is 2.83. The minimum Gasteiger partial charge on any atom is -0.462 e. The summed E-state index contributed by atoms with van der Waals surface area (Å²) in [5, 5.41) is 14.1. The predicted molar refractivity (Wildman–Crippen MR) is 110 cm³/mol. The molecule has 0 aliphatic heterocycles. The van der Waals surface area contributed by atoms with E-state index in [9.17, 15) is 19.2 Å². The van der Waals surface area contributed by atoms with Crippen LogP contribution < -0.4 is 10.6 Å². The summed E-state index contributed by atoms with van der Waals surface area (Å²) in [5.74, 6) is -2.90. The van der Waals surface area contributed by atoms with Gasteiger partial charge in [-0.25, -0.2) is 9.59 Å². The molecular weight excluding hydrogens is 408 g/mol. The van der Waals surface area contributed by atoms with E-state index in [1.807, 2.05) is 0 Å². The van der Waals surface area contributed by atoms with Gasteiger partial charge in [0.2, 0.25) is 5.88 Å². The molecule has 0 fully saturated rings. The molecule has 1 heterocycles. The van der Waals surface area contributed by atoms with Crippen molar-refractivity contribution in [3.63, 3.8) is 0 Å². The number of amides is 1. The predicted octanol–water partition coefficient (Wildman–Crippen LogP) is 2.17. The van der Waals surface area contributed by atoms with Gasteiger partial charge in [0.1, 0.15) is 11.3 Å². The first-order valence-corrected chi connectivity index (χ1v) is 9.52. The lowest BCUT2D eigenvalue weighted by Crippen LogP contribution is -2.23. The molecule has 2 aromatic rings. The highest BCUT2D eigenvalue weighted by molar-refractivity contribution is 6.11. The normalized spacial score (nSPS) is 10.3. The Kier molecular flexibility index (Phi) is 8.33. The standard InChI is InChI=1S/C21H24N2O8/c1-4-29-21(28)18-17(12(2)25)13(3)31-19(18)23-16(26)11-30-20(27)14-7-5-6-8-15(14)22-9-10-24/h5-8,22,24H,4,9-11H2,1-3H3,(H,23,26). The van der Waals surface area contributed by atoms with Crippen LogP contribution in [0.15, 0.2) is 28.7 Å². The van der Waals surface area contributed by atoms with E-state index >= 15 is 0 Å². The topological polar surface area (TPSA) is 144 Å². The molecular formula is C21H24N2O8. The Morgan fingerprint density at radius 2 is 1.77 bits per heavy atom. The van der Waals surface area contributed by atoms with Crippen LogP contribution in [0, 0.1) is 6.92 Å². The maximum Gasteiger partial charge on any atom is 0.344 e. The van der Waals surface area contributed by atoms with Gasteiger partial charge in [0.15, 0.2) is 12.4 Å². The number of ketones is 1. The Hall–Kier alpha value is -3.66. The second-order valence-corrected chi connectivity index (χ2v) is 6.33. The summed E-state index contributed by atoms with van der Waals surface area (Å²) in [6.45, 7) is 3.85. The Balaban J connectivity index is 2.12. The van der Waals surface area contributed by atoms with Crippen molar-refractivity contribution in [2.24, 2.45) is 0 Å². The van der Waals surface area contributed by atoms with Crippen LogP contribution >= 0.6 is 0 Å². The molecule has 10 heteroatoms. The Bertz CT molecular complexity index is 980. The van der Waals surface area contributed by atoms with E-state index in [1.165, 1.54) is 19.9 Å². The van der Waals surface area contributed by atoms with Crippen LogP contribution in [0.1, 0.15) is 50.7 Å². The van der Waals surface area contributed by atoms with Crippen molar-refractivity contribution in [2.45, 2.75) is 20.8 Å². The van der Waals surface area contributed by atoms with E-state index in [0.29, 0.717) is 5.69 Å². The summed E-state index contributed by atoms with van der Waals surface area (Å²) in [6.07, 6.45) is 0. The maximum atomic E-state index is 12.3. The number of ether oxygens (including phenoxy) is 2. The largest absolute Gasteiger partial charge is 0.462 e. The minimum atomic E-state index is -0.819. The summed E-state index contributed by atoms with van der Waals surface area (Å²) >= 11 is 0. The number of nitrogens with one attached hydrogen (secondary N) is 2. The van der Waals surface area contributed by atoms with Crippen LogP contribution in [0.3, 0.4) is 0 Å². The van der Waals surface area contributed by atoms with Gasteiger partial charge in [-0.3, -0.25) is 14.9 Å². The molecule has 0 radical (unpaired) electrons. The van der Waals surface area contributed by atoms with Gasteiger partial charge in [-0.05, 0) is 32.9 Å². The number of rotatable bonds is 10. The molecule has 1 aromatic heterocycles. The Morgan fingerprint density at radius 3 is 2.42 bits per heavy atom. The number of anilines is 2. The molecule has 0 atom stereocenters. The first-order chi connectivity index (χ1) is 14.8. The highest BCUT2D eigenvalue weighted by atomic mass is 16.5. The quantitative estimate of drug-likeness (QED) is 0.380. The van der Waals surface area contributed by atoms with E-state index < -0.39 is 30.2 Å². The van der Waals surface area contributed by atoms with Gasteiger partial charge in [-0.2, -0.15) is 0 Å². The number of aryl methyl sites for hydroxylation is 1. The molecule has 0 bridgehead atoms. The lowest BCUT2D eigenvalue weighted by Gasteiger charge is -2.11. The number of aliphatic hydroxyl groups excluding tert-OH is 1. The molecule has 0 saturated heterocycles. The summed E-state index contributed by atoms with van der Waals surface area (Å²) in [4.78, 5) is 48.8. The van der Waals surface area contributed by atoms with Crippen molar-refractivity contribution >= 4 is 35.2 Å². The number of aliphatic hydroxyl groups is 1. The number of benzene rings is 1. The Morgan fingerprint density at radius 1 is 1.06 bits per heavy atom. The van der Waals surface area contributed by atoms with E-state index in [2.05, 4.69) is 10.6 Å². The molecule has 31 heavy (non-hydrogen) atoms. The zero-order valence-corrected chi connectivity index (χ0v) is 17.4. The maximum absolute atomic E-state index is 12.3. The third-order valence-corrected chi connectivity index (χ3v) is 4.08. The summed E-state index contributed by atoms with van der Waals surface area (Å²) in [6, 6.07) is 6.47. The van der Waals surface area contributed by atoms with E-state index in [-0.39, 0.29) is 48.1 Å². The summed E-state index contributed by atoms with van der Waals surface area (Å²) < 4.78 is 15.4. The number of para-hydroxylation sites is 1. The van der Waals surface area contributed by atoms with Gasteiger partial charge >= 0.3 is 11.9 Å². The molecule has 2 rings (SSSR count). The van der Waals surface area contributed by atoms with Gasteiger partial charge < -0.3 is 24.3 Å². The van der Waals surface area contributed by atoms with Gasteiger partial charge in [-0.1, -0.05) is 12.1 Å². The molecule has 1 aromatic carbocycles. The second-order valence-electron chi connectivity index (χ2n) is 6.33. The number of Topliss-reactive ketones (excluding diaryl/α,β-unsaturated/α-hetero) is 1. The van der Waals surface area contributed by atoms with Crippen LogP contribution in [0.5, 0.6) is 0 Å². The molecule has 166 valence electrons. The van der Waals surface area contributed by atoms with Crippen LogP contribution in [0.25, 0.3) is 0 Å². The molecule has 0 unspecified atom stereocenters. The van der Waals surface area contributed by atoms with Gasteiger partial charge in [-0.15, -0.1) is 0 Å². The molecule has 3 N–H and O–H groups in total. The van der Waals surface area contributed by atoms with E-state index in [4.69, 9.17) is 19.0 Å². The molecule has 0 aliphatic carbocycles. The number of carbonyl (C=O) groups excluding carboxylic acids is 4. The fourth-order valence-corrected chi connectivity index (χ4v) is 2.83. The smallest absolute Gasteiger partial charge is 0.344 e. The highest BCUT2D eigenvalue weighted by Gasteiger charge is 2.29. The van der Waals surface area contributed by atoms with E-state index in [0.717, 1.165) is 0 Å². The van der Waals surface area contributed by atoms with E-state index in [1.54, 1.807) is 25.1 Å². The average molecular weight is 432 g/mol. The van der Waals surface area contributed by atoms with Crippen molar-refractivity contribution in [3.8, 4) is 0 Å². The lowest BCUT2D eigenvalue weighted by molar-refractivity contribution is -0.119. The number of esters is 2. The van der Waals surface area contributed by atoms with Gasteiger partial charge in [0.05, 0.1) is 24.3 Å². The average Bonchev–Trinajstić information content (AvgIpc) is 3.06. The highest BCUT2D eigenvalue weighted by Crippen LogP contribution is 2.28. The first kappa shape index (κ1) is 23.6. The van der Waals surface area contributed by atoms with Crippen LogP contribution in [-0.4, -0.2) is 55.1 Å². The molecule has 0 aliphatic rings. The van der Waals surface area contributed by atoms with Crippen LogP contribution in [-0.2, 0) is 14.3 Å².